The van der Waals surface area contributed by atoms with Crippen molar-refractivity contribution in [1.82, 2.24) is 20.0 Å². The van der Waals surface area contributed by atoms with Gasteiger partial charge < -0.3 is 14.4 Å². The second-order valence-electron chi connectivity index (χ2n) is 6.56. The average molecular weight is 342 g/mol. The highest BCUT2D eigenvalue weighted by molar-refractivity contribution is 6.06. The Morgan fingerprint density at radius 3 is 2.92 bits per heavy atom. The Morgan fingerprint density at radius 2 is 2.20 bits per heavy atom. The summed E-state index contributed by atoms with van der Waals surface area (Å²) in [6.45, 7) is 3.19. The highest BCUT2D eigenvalue weighted by Crippen LogP contribution is 2.25. The summed E-state index contributed by atoms with van der Waals surface area (Å²) in [5.41, 5.74) is 1.24. The summed E-state index contributed by atoms with van der Waals surface area (Å²) in [7, 11) is 0. The van der Waals surface area contributed by atoms with Gasteiger partial charge in [-0.05, 0) is 37.0 Å². The number of rotatable bonds is 3. The maximum atomic E-state index is 13.3. The Hall–Kier alpha value is -2.70. The number of hydrogen-bond acceptors (Lipinski definition) is 4. The number of likely N-dealkylation sites (tertiary alicyclic amines) is 1. The molecule has 0 aliphatic carbocycles. The van der Waals surface area contributed by atoms with Crippen LogP contribution in [0.2, 0.25) is 0 Å². The van der Waals surface area contributed by atoms with Crippen LogP contribution in [-0.4, -0.2) is 39.0 Å². The Labute approximate surface area is 144 Å². The maximum Gasteiger partial charge on any atom is 0.256 e. The van der Waals surface area contributed by atoms with Crippen molar-refractivity contribution in [3.63, 3.8) is 0 Å². The third kappa shape index (κ3) is 3.14. The van der Waals surface area contributed by atoms with E-state index in [0.29, 0.717) is 36.0 Å². The number of aromatic amines is 1. The van der Waals surface area contributed by atoms with Crippen LogP contribution in [0.5, 0.6) is 0 Å². The largest absolute Gasteiger partial charge is 0.360 e. The average Bonchev–Trinajstić information content (AvgIpc) is 3.20. The first-order valence-electron chi connectivity index (χ1n) is 8.45. The molecule has 1 amide bonds. The van der Waals surface area contributed by atoms with Gasteiger partial charge in [-0.3, -0.25) is 4.79 Å². The zero-order chi connectivity index (χ0) is 17.4. The third-order valence-corrected chi connectivity index (χ3v) is 4.82. The Bertz CT molecular complexity index is 909. The molecule has 0 unspecified atom stereocenters. The lowest BCUT2D eigenvalue weighted by atomic mass is 9.93. The molecule has 0 radical (unpaired) electrons. The van der Waals surface area contributed by atoms with E-state index in [1.807, 2.05) is 4.90 Å². The molecular formula is C18H19FN4O2. The molecule has 0 atom stereocenters. The Balaban J connectivity index is 1.42. The van der Waals surface area contributed by atoms with Crippen LogP contribution >= 0.6 is 0 Å². The van der Waals surface area contributed by atoms with Crippen LogP contribution in [0.25, 0.3) is 10.9 Å². The van der Waals surface area contributed by atoms with Crippen molar-refractivity contribution < 1.29 is 13.7 Å². The molecule has 4 rings (SSSR count). The van der Waals surface area contributed by atoms with E-state index >= 15 is 0 Å². The highest BCUT2D eigenvalue weighted by atomic mass is 19.1. The van der Waals surface area contributed by atoms with Crippen LogP contribution in [0.4, 0.5) is 4.39 Å². The van der Waals surface area contributed by atoms with Gasteiger partial charge in [0.1, 0.15) is 5.82 Å². The summed E-state index contributed by atoms with van der Waals surface area (Å²) in [4.78, 5) is 21.9. The third-order valence-electron chi connectivity index (χ3n) is 4.82. The number of hydrogen-bond donors (Lipinski definition) is 1. The van der Waals surface area contributed by atoms with Crippen molar-refractivity contribution in [1.29, 1.82) is 0 Å². The van der Waals surface area contributed by atoms with Gasteiger partial charge in [-0.1, -0.05) is 5.16 Å². The van der Waals surface area contributed by atoms with Crippen molar-refractivity contribution in [2.45, 2.75) is 26.2 Å². The molecule has 1 aliphatic heterocycles. The molecular weight excluding hydrogens is 323 g/mol. The van der Waals surface area contributed by atoms with Crippen molar-refractivity contribution in [2.75, 3.05) is 13.1 Å². The van der Waals surface area contributed by atoms with Gasteiger partial charge >= 0.3 is 0 Å². The predicted molar refractivity (Wildman–Crippen MR) is 89.6 cm³/mol. The molecule has 3 heterocycles. The molecule has 1 aromatic carbocycles. The lowest BCUT2D eigenvalue weighted by molar-refractivity contribution is 0.0691. The number of nitrogens with zero attached hydrogens (tertiary/aromatic N) is 3. The predicted octanol–water partition coefficient (Wildman–Crippen LogP) is 3.09. The van der Waals surface area contributed by atoms with Gasteiger partial charge in [-0.15, -0.1) is 0 Å². The number of aryl methyl sites for hydroxylation is 1. The normalized spacial score (nSPS) is 15.8. The van der Waals surface area contributed by atoms with Gasteiger partial charge in [-0.25, -0.2) is 4.39 Å². The number of nitrogens with one attached hydrogen (secondary N) is 1. The van der Waals surface area contributed by atoms with Gasteiger partial charge in [0.2, 0.25) is 5.89 Å². The monoisotopic (exact) mass is 342 g/mol. The van der Waals surface area contributed by atoms with Crippen molar-refractivity contribution in [3.05, 3.63) is 47.5 Å². The Morgan fingerprint density at radius 1 is 1.40 bits per heavy atom. The number of piperidine rings is 1. The van der Waals surface area contributed by atoms with Crippen molar-refractivity contribution in [3.8, 4) is 0 Å². The highest BCUT2D eigenvalue weighted by Gasteiger charge is 2.26. The van der Waals surface area contributed by atoms with Crippen LogP contribution in [0.3, 0.4) is 0 Å². The molecule has 0 spiro atoms. The molecule has 0 saturated carbocycles. The van der Waals surface area contributed by atoms with E-state index in [1.165, 1.54) is 12.1 Å². The molecule has 1 N–H and O–H groups in total. The number of carbonyl (C=O) groups excluding carboxylic acids is 1. The van der Waals surface area contributed by atoms with Gasteiger partial charge in [0.25, 0.3) is 5.91 Å². The van der Waals surface area contributed by atoms with E-state index in [9.17, 15) is 9.18 Å². The molecule has 1 fully saturated rings. The summed E-state index contributed by atoms with van der Waals surface area (Å²) in [6.07, 6.45) is 4.28. The number of fused-ring (bicyclic) bond motifs is 1. The Kier molecular flexibility index (Phi) is 3.99. The van der Waals surface area contributed by atoms with E-state index < -0.39 is 0 Å². The van der Waals surface area contributed by atoms with Gasteiger partial charge in [0.05, 0.1) is 5.56 Å². The molecule has 6 nitrogen and oxygen atoms in total. The fraction of sp³-hybridized carbons (Fsp3) is 0.389. The topological polar surface area (TPSA) is 75.0 Å². The van der Waals surface area contributed by atoms with E-state index in [4.69, 9.17) is 4.52 Å². The number of benzene rings is 1. The second kappa shape index (κ2) is 6.31. The number of carbonyl (C=O) groups is 1. The second-order valence-corrected chi connectivity index (χ2v) is 6.56. The minimum absolute atomic E-state index is 0.00767. The van der Waals surface area contributed by atoms with E-state index in [1.54, 1.807) is 19.2 Å². The molecule has 1 aliphatic rings. The zero-order valence-corrected chi connectivity index (χ0v) is 14.0. The molecule has 3 aromatic rings. The fourth-order valence-corrected chi connectivity index (χ4v) is 3.47. The zero-order valence-electron chi connectivity index (χ0n) is 14.0. The minimum Gasteiger partial charge on any atom is -0.360 e. The number of aromatic nitrogens is 3. The first-order valence-corrected chi connectivity index (χ1v) is 8.45. The summed E-state index contributed by atoms with van der Waals surface area (Å²) >= 11 is 0. The van der Waals surface area contributed by atoms with E-state index in [-0.39, 0.29) is 11.7 Å². The van der Waals surface area contributed by atoms with Crippen LogP contribution in [0.15, 0.2) is 28.9 Å². The van der Waals surface area contributed by atoms with Crippen molar-refractivity contribution >= 4 is 16.8 Å². The first kappa shape index (κ1) is 15.8. The quantitative estimate of drug-likeness (QED) is 0.794. The van der Waals surface area contributed by atoms with Crippen molar-refractivity contribution in [2.24, 2.45) is 5.92 Å². The van der Waals surface area contributed by atoms with E-state index in [2.05, 4.69) is 15.1 Å². The molecule has 25 heavy (non-hydrogen) atoms. The van der Waals surface area contributed by atoms with Crippen LogP contribution in [-0.2, 0) is 6.42 Å². The number of halogens is 1. The lowest BCUT2D eigenvalue weighted by Crippen LogP contribution is -2.38. The number of amides is 1. The van der Waals surface area contributed by atoms with E-state index in [0.717, 1.165) is 30.5 Å². The molecule has 0 bridgehead atoms. The smallest absolute Gasteiger partial charge is 0.256 e. The summed E-state index contributed by atoms with van der Waals surface area (Å²) in [6, 6.07) is 4.44. The SMILES string of the molecule is Cc1nc(CC2CCN(C(=O)c3c[nH]c4cc(F)ccc34)CC2)no1. The first-order chi connectivity index (χ1) is 12.1. The number of H-pyrrole nitrogens is 1. The minimum atomic E-state index is -0.314. The summed E-state index contributed by atoms with van der Waals surface area (Å²) in [5.74, 6) is 1.45. The van der Waals surface area contributed by atoms with Gasteiger partial charge in [0, 0.05) is 43.5 Å². The van der Waals surface area contributed by atoms with Crippen LogP contribution in [0, 0.1) is 18.7 Å². The summed E-state index contributed by atoms with van der Waals surface area (Å²) in [5, 5.41) is 4.70. The molecule has 2 aromatic heterocycles. The van der Waals surface area contributed by atoms with Crippen LogP contribution < -0.4 is 0 Å². The maximum absolute atomic E-state index is 13.3. The van der Waals surface area contributed by atoms with Gasteiger partial charge in [-0.2, -0.15) is 4.98 Å². The fourth-order valence-electron chi connectivity index (χ4n) is 3.47. The lowest BCUT2D eigenvalue weighted by Gasteiger charge is -2.31. The molecule has 1 saturated heterocycles. The van der Waals surface area contributed by atoms with Gasteiger partial charge in [0.15, 0.2) is 5.82 Å². The summed E-state index contributed by atoms with van der Waals surface area (Å²) < 4.78 is 18.3. The molecule has 130 valence electrons. The molecule has 7 heteroatoms. The van der Waals surface area contributed by atoms with Crippen LogP contribution in [0.1, 0.15) is 34.9 Å². The standard InChI is InChI=1S/C18H19FN4O2/c1-11-21-17(22-25-11)8-12-4-6-23(7-5-12)18(24)15-10-20-16-9-13(19)2-3-14(15)16/h2-3,9-10,12,20H,4-8H2,1H3.